The summed E-state index contributed by atoms with van der Waals surface area (Å²) in [5.74, 6) is 1.86. The first-order valence-electron chi connectivity index (χ1n) is 10.5. The maximum Gasteiger partial charge on any atom is 0.174 e. The standard InChI is InChI=1S/C21H32O4S/c1-19-7-5-14(25-26)11-13(19)3-4-15-16-6-8-21(23-9-10-24-21)20(16,2)12-17(22)18(15)19/h13-16,18,26H,3-12H2,1-2H3/t13-,14-,15?,16?,18?,19+,20+/m1/s1. The highest BCUT2D eigenvalue weighted by Crippen LogP contribution is 2.68. The van der Waals surface area contributed by atoms with Gasteiger partial charge in [0.25, 0.3) is 0 Å². The molecule has 4 saturated carbocycles. The highest BCUT2D eigenvalue weighted by Gasteiger charge is 2.69. The van der Waals surface area contributed by atoms with Crippen molar-refractivity contribution in [1.29, 1.82) is 0 Å². The zero-order valence-electron chi connectivity index (χ0n) is 16.0. The first-order valence-corrected chi connectivity index (χ1v) is 10.9. The quantitative estimate of drug-likeness (QED) is 0.547. The molecule has 4 nitrogen and oxygen atoms in total. The second-order valence-electron chi connectivity index (χ2n) is 10.1. The molecule has 7 atom stereocenters. The average molecular weight is 381 g/mol. The molecule has 5 aliphatic rings. The molecule has 0 radical (unpaired) electrons. The maximum atomic E-state index is 13.6. The lowest BCUT2D eigenvalue weighted by molar-refractivity contribution is -0.242. The molecule has 1 heterocycles. The van der Waals surface area contributed by atoms with Gasteiger partial charge in [-0.2, -0.15) is 0 Å². The number of rotatable bonds is 1. The number of carbonyl (C=O) groups excluding carboxylic acids is 1. The topological polar surface area (TPSA) is 44.8 Å². The van der Waals surface area contributed by atoms with E-state index in [0.29, 0.717) is 43.2 Å². The third kappa shape index (κ3) is 2.18. The third-order valence-corrected chi connectivity index (χ3v) is 9.55. The number of hydrogen-bond donors (Lipinski definition) is 1. The molecule has 1 saturated heterocycles. The summed E-state index contributed by atoms with van der Waals surface area (Å²) in [4.78, 5) is 13.6. The second kappa shape index (κ2) is 5.95. The number of ether oxygens (including phenoxy) is 2. The molecule has 0 aromatic rings. The SMILES string of the molecule is C[C@]12CC(=O)C3C(CC[C@@H]4C[C@H](OS)CC[C@]34C)C1CCC21OCCO1. The number of hydrogen-bond acceptors (Lipinski definition) is 5. The molecule has 0 aromatic carbocycles. The van der Waals surface area contributed by atoms with Crippen LogP contribution in [0.4, 0.5) is 0 Å². The summed E-state index contributed by atoms with van der Waals surface area (Å²) in [5, 5.41) is 0. The Bertz CT molecular complexity index is 603. The number of carbonyl (C=O) groups is 1. The Morgan fingerprint density at radius 2 is 1.85 bits per heavy atom. The lowest BCUT2D eigenvalue weighted by atomic mass is 9.44. The van der Waals surface area contributed by atoms with Crippen LogP contribution in [0.3, 0.4) is 0 Å². The van der Waals surface area contributed by atoms with Gasteiger partial charge in [0.2, 0.25) is 0 Å². The minimum Gasteiger partial charge on any atom is -0.347 e. The van der Waals surface area contributed by atoms with Crippen molar-refractivity contribution in [2.75, 3.05) is 13.2 Å². The van der Waals surface area contributed by atoms with Crippen molar-refractivity contribution in [3.05, 3.63) is 0 Å². The van der Waals surface area contributed by atoms with Crippen molar-refractivity contribution in [3.63, 3.8) is 0 Å². The molecule has 5 heteroatoms. The molecule has 0 amide bonds. The lowest BCUT2D eigenvalue weighted by Gasteiger charge is -2.60. The van der Waals surface area contributed by atoms with Crippen molar-refractivity contribution in [2.24, 2.45) is 34.5 Å². The number of ketones is 1. The first-order chi connectivity index (χ1) is 12.4. The maximum absolute atomic E-state index is 13.6. The van der Waals surface area contributed by atoms with Crippen LogP contribution in [0.2, 0.25) is 0 Å². The van der Waals surface area contributed by atoms with Gasteiger partial charge >= 0.3 is 0 Å². The van der Waals surface area contributed by atoms with E-state index in [2.05, 4.69) is 26.8 Å². The van der Waals surface area contributed by atoms with Crippen LogP contribution in [0, 0.1) is 34.5 Å². The van der Waals surface area contributed by atoms with Crippen molar-refractivity contribution in [1.82, 2.24) is 0 Å². The molecule has 1 spiro atoms. The van der Waals surface area contributed by atoms with Gasteiger partial charge in [0.05, 0.1) is 19.3 Å². The molecule has 0 aromatic heterocycles. The van der Waals surface area contributed by atoms with Gasteiger partial charge in [-0.3, -0.25) is 4.79 Å². The van der Waals surface area contributed by atoms with E-state index in [1.165, 1.54) is 12.8 Å². The van der Waals surface area contributed by atoms with Crippen LogP contribution in [0.25, 0.3) is 0 Å². The molecule has 3 unspecified atom stereocenters. The highest BCUT2D eigenvalue weighted by atomic mass is 32.1. The minimum absolute atomic E-state index is 0.136. The fourth-order valence-corrected chi connectivity index (χ4v) is 8.20. The summed E-state index contributed by atoms with van der Waals surface area (Å²) in [5.41, 5.74) is -0.00631. The minimum atomic E-state index is -0.492. The van der Waals surface area contributed by atoms with E-state index in [0.717, 1.165) is 32.1 Å². The summed E-state index contributed by atoms with van der Waals surface area (Å²) in [7, 11) is 0. The van der Waals surface area contributed by atoms with Gasteiger partial charge in [-0.05, 0) is 74.6 Å². The van der Waals surface area contributed by atoms with E-state index in [1.807, 2.05) is 0 Å². The van der Waals surface area contributed by atoms with E-state index in [4.69, 9.17) is 13.7 Å². The molecule has 146 valence electrons. The predicted octanol–water partition coefficient (Wildman–Crippen LogP) is 4.18. The Balaban J connectivity index is 1.48. The Morgan fingerprint density at radius 3 is 2.58 bits per heavy atom. The molecule has 4 aliphatic carbocycles. The normalized spacial score (nSPS) is 52.6. The van der Waals surface area contributed by atoms with Crippen LogP contribution >= 0.6 is 12.9 Å². The smallest absolute Gasteiger partial charge is 0.174 e. The zero-order chi connectivity index (χ0) is 18.2. The van der Waals surface area contributed by atoms with Crippen molar-refractivity contribution < 1.29 is 18.5 Å². The van der Waals surface area contributed by atoms with Crippen LogP contribution in [0.5, 0.6) is 0 Å². The Kier molecular flexibility index (Phi) is 4.11. The predicted molar refractivity (Wildman–Crippen MR) is 101 cm³/mol. The van der Waals surface area contributed by atoms with Crippen LogP contribution in [0.15, 0.2) is 0 Å². The monoisotopic (exact) mass is 380 g/mol. The fraction of sp³-hybridized carbons (Fsp3) is 0.952. The summed E-state index contributed by atoms with van der Waals surface area (Å²) in [6.07, 6.45) is 8.58. The largest absolute Gasteiger partial charge is 0.347 e. The van der Waals surface area contributed by atoms with Crippen LogP contribution < -0.4 is 0 Å². The van der Waals surface area contributed by atoms with Crippen LogP contribution in [0.1, 0.15) is 65.2 Å². The van der Waals surface area contributed by atoms with Gasteiger partial charge < -0.3 is 13.7 Å². The molecular formula is C21H32O4S. The molecule has 1 aliphatic heterocycles. The number of Topliss-reactive ketones (excluding diaryl/α,β-unsaturated/α-hetero) is 1. The fourth-order valence-electron chi connectivity index (χ4n) is 8.01. The van der Waals surface area contributed by atoms with E-state index in [-0.39, 0.29) is 22.9 Å². The Labute approximate surface area is 162 Å². The molecular weight excluding hydrogens is 348 g/mol. The van der Waals surface area contributed by atoms with Gasteiger partial charge in [-0.15, -0.1) is 0 Å². The molecule has 5 rings (SSSR count). The van der Waals surface area contributed by atoms with Crippen molar-refractivity contribution in [3.8, 4) is 0 Å². The molecule has 5 fully saturated rings. The molecule has 0 bridgehead atoms. The van der Waals surface area contributed by atoms with Gasteiger partial charge in [0, 0.05) is 24.2 Å². The van der Waals surface area contributed by atoms with E-state index in [9.17, 15) is 4.79 Å². The molecule has 0 N–H and O–H groups in total. The van der Waals surface area contributed by atoms with Crippen LogP contribution in [-0.4, -0.2) is 30.9 Å². The van der Waals surface area contributed by atoms with Crippen molar-refractivity contribution in [2.45, 2.75) is 77.1 Å². The van der Waals surface area contributed by atoms with Gasteiger partial charge in [-0.25, -0.2) is 0 Å². The summed E-state index contributed by atoms with van der Waals surface area (Å²) in [6.45, 7) is 6.03. The Hall–Kier alpha value is -0.100. The van der Waals surface area contributed by atoms with Gasteiger partial charge in [-0.1, -0.05) is 13.8 Å². The van der Waals surface area contributed by atoms with Crippen molar-refractivity contribution >= 4 is 18.7 Å². The first kappa shape index (κ1) is 18.0. The summed E-state index contributed by atoms with van der Waals surface area (Å²) >= 11 is 4.07. The third-order valence-electron chi connectivity index (χ3n) is 9.25. The number of thiol groups is 1. The lowest BCUT2D eigenvalue weighted by Crippen LogP contribution is -2.60. The number of fused-ring (bicyclic) bond motifs is 6. The molecule has 26 heavy (non-hydrogen) atoms. The second-order valence-corrected chi connectivity index (χ2v) is 10.3. The van der Waals surface area contributed by atoms with Gasteiger partial charge in [0.1, 0.15) is 5.78 Å². The van der Waals surface area contributed by atoms with E-state index >= 15 is 0 Å². The highest BCUT2D eigenvalue weighted by molar-refractivity contribution is 7.75. The van der Waals surface area contributed by atoms with Crippen LogP contribution in [-0.2, 0) is 18.5 Å². The summed E-state index contributed by atoms with van der Waals surface area (Å²) in [6, 6.07) is 0. The Morgan fingerprint density at radius 1 is 1.08 bits per heavy atom. The van der Waals surface area contributed by atoms with E-state index in [1.54, 1.807) is 0 Å². The zero-order valence-corrected chi connectivity index (χ0v) is 16.9. The summed E-state index contributed by atoms with van der Waals surface area (Å²) < 4.78 is 17.7. The average Bonchev–Trinajstić information content (AvgIpc) is 3.20. The van der Waals surface area contributed by atoms with Gasteiger partial charge in [0.15, 0.2) is 5.79 Å². The van der Waals surface area contributed by atoms with E-state index < -0.39 is 5.79 Å².